The Morgan fingerprint density at radius 1 is 1.09 bits per heavy atom. The molecule has 0 aliphatic carbocycles. The van der Waals surface area contributed by atoms with Crippen LogP contribution < -0.4 is 4.74 Å². The van der Waals surface area contributed by atoms with Gasteiger partial charge in [0, 0.05) is 37.9 Å². The fourth-order valence-electron chi connectivity index (χ4n) is 5.85. The van der Waals surface area contributed by atoms with Gasteiger partial charge in [-0.2, -0.15) is 18.3 Å². The van der Waals surface area contributed by atoms with Crippen LogP contribution in [0.15, 0.2) is 60.8 Å². The Balaban J connectivity index is 1.23. The predicted molar refractivity (Wildman–Crippen MR) is 152 cm³/mol. The van der Waals surface area contributed by atoms with E-state index in [0.717, 1.165) is 56.7 Å². The summed E-state index contributed by atoms with van der Waals surface area (Å²) in [6.07, 6.45) is -1.14. The number of halogens is 3. The molecule has 1 fully saturated rings. The fourth-order valence-corrected chi connectivity index (χ4v) is 5.85. The Hall–Kier alpha value is -4.22. The van der Waals surface area contributed by atoms with Crippen LogP contribution in [0, 0.1) is 6.92 Å². The molecule has 43 heavy (non-hydrogen) atoms. The number of aromatic nitrogens is 3. The van der Waals surface area contributed by atoms with Crippen molar-refractivity contribution in [3.05, 3.63) is 94.3 Å². The number of hydrogen-bond donors (Lipinski definition) is 1. The van der Waals surface area contributed by atoms with Gasteiger partial charge in [0.05, 0.1) is 11.9 Å². The zero-order chi connectivity index (χ0) is 30.1. The molecular weight excluding hydrogens is 561 g/mol. The van der Waals surface area contributed by atoms with E-state index in [2.05, 4.69) is 33.2 Å². The van der Waals surface area contributed by atoms with Gasteiger partial charge < -0.3 is 14.6 Å². The molecule has 4 aromatic rings. The summed E-state index contributed by atoms with van der Waals surface area (Å²) in [5.41, 5.74) is 3.24. The molecule has 0 saturated carbocycles. The molecule has 0 amide bonds. The summed E-state index contributed by atoms with van der Waals surface area (Å²) in [7, 11) is 0. The fraction of sp³-hybridized carbons (Fsp3) is 0.344. The van der Waals surface area contributed by atoms with Crippen LogP contribution in [0.2, 0.25) is 0 Å². The number of carboxylic acid groups (broad SMARTS) is 1. The first kappa shape index (κ1) is 28.9. The van der Waals surface area contributed by atoms with Crippen LogP contribution in [0.25, 0.3) is 17.1 Å². The van der Waals surface area contributed by atoms with Gasteiger partial charge in [0.1, 0.15) is 17.9 Å². The predicted octanol–water partition coefficient (Wildman–Crippen LogP) is 6.08. The number of rotatable bonds is 7. The number of carboxylic acids is 1. The summed E-state index contributed by atoms with van der Waals surface area (Å²) >= 11 is 0. The minimum Gasteiger partial charge on any atom is -0.488 e. The molecular formula is C32H31F3N4O4. The zero-order valence-electron chi connectivity index (χ0n) is 23.6. The summed E-state index contributed by atoms with van der Waals surface area (Å²) in [6, 6.07) is 17.2. The topological polar surface area (TPSA) is 89.7 Å². The van der Waals surface area contributed by atoms with E-state index < -0.39 is 23.4 Å². The molecule has 1 N–H and O–H groups in total. The number of aromatic carboxylic acids is 1. The Morgan fingerprint density at radius 2 is 1.91 bits per heavy atom. The molecule has 2 aliphatic heterocycles. The number of benzene rings is 2. The lowest BCUT2D eigenvalue weighted by Crippen LogP contribution is -2.42. The highest BCUT2D eigenvalue weighted by Gasteiger charge is 2.41. The maximum atomic E-state index is 13.8. The Labute approximate surface area is 246 Å². The minimum atomic E-state index is -4.95. The SMILES string of the molecule is Cc1ccc(OCc2ccc3c(c2)CCN(C2CCOCC2)C3)c(-c2cccc(-n3ncc(C(=O)O)c3C(F)(F)F)n2)c1. The summed E-state index contributed by atoms with van der Waals surface area (Å²) in [5, 5.41) is 13.0. The second-order valence-corrected chi connectivity index (χ2v) is 11.0. The second kappa shape index (κ2) is 11.8. The van der Waals surface area contributed by atoms with Gasteiger partial charge in [-0.1, -0.05) is 35.9 Å². The van der Waals surface area contributed by atoms with Crippen molar-refractivity contribution >= 4 is 5.97 Å². The minimum absolute atomic E-state index is 0.158. The van der Waals surface area contributed by atoms with E-state index in [-0.39, 0.29) is 5.82 Å². The van der Waals surface area contributed by atoms with Crippen LogP contribution in [0.3, 0.4) is 0 Å². The van der Waals surface area contributed by atoms with Crippen LogP contribution in [-0.2, 0) is 30.5 Å². The van der Waals surface area contributed by atoms with Crippen molar-refractivity contribution in [3.63, 3.8) is 0 Å². The molecule has 0 atom stereocenters. The molecule has 2 aromatic carbocycles. The van der Waals surface area contributed by atoms with Crippen molar-refractivity contribution in [2.75, 3.05) is 19.8 Å². The Bertz CT molecular complexity index is 1650. The van der Waals surface area contributed by atoms with Gasteiger partial charge in [0.2, 0.25) is 0 Å². The highest BCUT2D eigenvalue weighted by atomic mass is 19.4. The van der Waals surface area contributed by atoms with Crippen molar-refractivity contribution in [1.82, 2.24) is 19.7 Å². The summed E-state index contributed by atoms with van der Waals surface area (Å²) in [6.45, 7) is 5.83. The number of fused-ring (bicyclic) bond motifs is 1. The van der Waals surface area contributed by atoms with Crippen molar-refractivity contribution in [3.8, 4) is 22.8 Å². The van der Waals surface area contributed by atoms with Crippen LogP contribution in [-0.4, -0.2) is 56.5 Å². The summed E-state index contributed by atoms with van der Waals surface area (Å²) < 4.78 is 53.8. The van der Waals surface area contributed by atoms with Crippen molar-refractivity contribution < 1.29 is 32.5 Å². The molecule has 0 unspecified atom stereocenters. The zero-order valence-corrected chi connectivity index (χ0v) is 23.6. The first-order valence-electron chi connectivity index (χ1n) is 14.2. The first-order valence-corrected chi connectivity index (χ1v) is 14.2. The molecule has 2 aliphatic rings. The van der Waals surface area contributed by atoms with Crippen molar-refractivity contribution in [2.24, 2.45) is 0 Å². The lowest BCUT2D eigenvalue weighted by Gasteiger charge is -2.37. The molecule has 2 aromatic heterocycles. The van der Waals surface area contributed by atoms with Gasteiger partial charge >= 0.3 is 12.1 Å². The van der Waals surface area contributed by atoms with Crippen LogP contribution in [0.1, 0.15) is 51.1 Å². The van der Waals surface area contributed by atoms with Crippen LogP contribution >= 0.6 is 0 Å². The number of carbonyl (C=O) groups is 1. The largest absolute Gasteiger partial charge is 0.488 e. The third-order valence-corrected chi connectivity index (χ3v) is 8.04. The Kier molecular flexibility index (Phi) is 7.93. The lowest BCUT2D eigenvalue weighted by atomic mass is 9.95. The summed E-state index contributed by atoms with van der Waals surface area (Å²) in [5.74, 6) is -1.35. The van der Waals surface area contributed by atoms with Crippen LogP contribution in [0.5, 0.6) is 5.75 Å². The number of aryl methyl sites for hydroxylation is 1. The van der Waals surface area contributed by atoms with E-state index in [1.165, 1.54) is 17.2 Å². The average Bonchev–Trinajstić information content (AvgIpc) is 3.48. The first-order chi connectivity index (χ1) is 20.7. The molecule has 4 heterocycles. The van der Waals surface area contributed by atoms with E-state index in [9.17, 15) is 23.1 Å². The molecule has 11 heteroatoms. The van der Waals surface area contributed by atoms with Gasteiger partial charge in [-0.15, -0.1) is 0 Å². The molecule has 8 nitrogen and oxygen atoms in total. The van der Waals surface area contributed by atoms with E-state index in [0.29, 0.717) is 40.5 Å². The number of hydrogen-bond acceptors (Lipinski definition) is 6. The van der Waals surface area contributed by atoms with Crippen molar-refractivity contribution in [1.29, 1.82) is 0 Å². The molecule has 0 radical (unpaired) electrons. The smallest absolute Gasteiger partial charge is 0.434 e. The van der Waals surface area contributed by atoms with E-state index in [1.807, 2.05) is 25.1 Å². The van der Waals surface area contributed by atoms with E-state index in [4.69, 9.17) is 9.47 Å². The molecule has 224 valence electrons. The molecule has 0 bridgehead atoms. The lowest BCUT2D eigenvalue weighted by molar-refractivity contribution is -0.143. The normalized spacial score (nSPS) is 16.2. The third kappa shape index (κ3) is 6.14. The number of pyridine rings is 1. The van der Waals surface area contributed by atoms with Gasteiger partial charge in [-0.05, 0) is 67.1 Å². The second-order valence-electron chi connectivity index (χ2n) is 11.0. The number of ether oxygens (including phenoxy) is 2. The van der Waals surface area contributed by atoms with E-state index in [1.54, 1.807) is 12.1 Å². The molecule has 6 rings (SSSR count). The number of alkyl halides is 3. The average molecular weight is 593 g/mol. The maximum absolute atomic E-state index is 13.8. The molecule has 1 saturated heterocycles. The number of nitrogens with zero attached hydrogens (tertiary/aromatic N) is 4. The van der Waals surface area contributed by atoms with Crippen molar-refractivity contribution in [2.45, 2.75) is 51.6 Å². The van der Waals surface area contributed by atoms with Gasteiger partial charge in [0.15, 0.2) is 11.5 Å². The highest BCUT2D eigenvalue weighted by Crippen LogP contribution is 2.35. The molecule has 0 spiro atoms. The van der Waals surface area contributed by atoms with Gasteiger partial charge in [-0.25, -0.2) is 14.5 Å². The third-order valence-electron chi connectivity index (χ3n) is 8.04. The summed E-state index contributed by atoms with van der Waals surface area (Å²) in [4.78, 5) is 18.4. The standard InChI is InChI=1S/C32H31F3N4O4/c1-20-5-8-28(43-19-21-6-7-23-18-38(12-9-22(23)16-21)24-10-13-42-14-11-24)25(15-20)27-3-2-4-29(37-27)39-30(32(33,34)35)26(17-36-39)31(40)41/h2-8,15-17,24H,9-14,18-19H2,1H3,(H,40,41). The maximum Gasteiger partial charge on any atom is 0.434 e. The Morgan fingerprint density at radius 3 is 2.67 bits per heavy atom. The van der Waals surface area contributed by atoms with Gasteiger partial charge in [-0.3, -0.25) is 4.90 Å². The van der Waals surface area contributed by atoms with Crippen LogP contribution in [0.4, 0.5) is 13.2 Å². The van der Waals surface area contributed by atoms with Gasteiger partial charge in [0.25, 0.3) is 0 Å². The monoisotopic (exact) mass is 592 g/mol. The quantitative estimate of drug-likeness (QED) is 0.278. The highest BCUT2D eigenvalue weighted by molar-refractivity contribution is 5.89. The van der Waals surface area contributed by atoms with E-state index >= 15 is 0 Å².